The van der Waals surface area contributed by atoms with Crippen LogP contribution >= 0.6 is 0 Å². The normalized spacial score (nSPS) is 22.0. The minimum atomic E-state index is -0.703. The number of amides is 3. The lowest BCUT2D eigenvalue weighted by Gasteiger charge is -2.46. The summed E-state index contributed by atoms with van der Waals surface area (Å²) in [6, 6.07) is 41.9. The van der Waals surface area contributed by atoms with Gasteiger partial charge in [-0.25, -0.2) is 4.79 Å². The maximum Gasteiger partial charge on any atom is 0.323 e. The van der Waals surface area contributed by atoms with Gasteiger partial charge in [-0.3, -0.25) is 4.79 Å². The summed E-state index contributed by atoms with van der Waals surface area (Å²) in [5, 5.41) is 18.6. The van der Waals surface area contributed by atoms with Crippen LogP contribution in [0.3, 0.4) is 0 Å². The molecular weight excluding hydrogens is 707 g/mol. The molecule has 3 aliphatic heterocycles. The zero-order chi connectivity index (χ0) is 38.5. The van der Waals surface area contributed by atoms with Crippen LogP contribution in [0.4, 0.5) is 21.9 Å². The van der Waals surface area contributed by atoms with Gasteiger partial charge >= 0.3 is 6.03 Å². The van der Waals surface area contributed by atoms with Crippen molar-refractivity contribution in [3.8, 4) is 11.5 Å². The number of urea groups is 1. The molecule has 288 valence electrons. The Morgan fingerprint density at radius 3 is 2.20 bits per heavy atom. The maximum atomic E-state index is 13.3. The molecule has 5 aromatic rings. The molecule has 3 heterocycles. The third-order valence-electron chi connectivity index (χ3n) is 11.2. The van der Waals surface area contributed by atoms with Crippen LogP contribution in [-0.2, 0) is 20.9 Å². The van der Waals surface area contributed by atoms with Crippen molar-refractivity contribution in [2.75, 3.05) is 41.8 Å². The van der Waals surface area contributed by atoms with Crippen molar-refractivity contribution in [3.63, 3.8) is 0 Å². The molecule has 1 spiro atoms. The van der Waals surface area contributed by atoms with E-state index in [0.717, 1.165) is 41.2 Å². The highest BCUT2D eigenvalue weighted by atomic mass is 16.7. The number of ether oxygens (including phenoxy) is 3. The molecule has 0 saturated carbocycles. The van der Waals surface area contributed by atoms with Gasteiger partial charge in [0.05, 0.1) is 25.5 Å². The highest BCUT2D eigenvalue weighted by Gasteiger charge is 2.51. The first-order valence-electron chi connectivity index (χ1n) is 19.2. The molecule has 11 nitrogen and oxygen atoms in total. The van der Waals surface area contributed by atoms with Crippen LogP contribution in [0.2, 0.25) is 0 Å². The van der Waals surface area contributed by atoms with E-state index in [4.69, 9.17) is 14.2 Å². The standard InChI is InChI=1S/C45H47N5O6/c1-31-40(28-49-25-23-45(24-26-49)43(52)46-30-50(45)37-11-4-2-5-12-37)55-42(56-41(31)33-17-15-32(29-51)16-18-33)34-9-8-10-36(27-34)48-44(53)47-35-19-21-39(22-20-35)54-38-13-6-3-7-14-38/h2-22,27,31,40-42,51H,23-26,28-30H2,1H3,(H,46,52)(H2,47,48,53). The fourth-order valence-corrected chi connectivity index (χ4v) is 8.01. The van der Waals surface area contributed by atoms with E-state index in [1.165, 1.54) is 0 Å². The van der Waals surface area contributed by atoms with E-state index < -0.39 is 11.8 Å². The Balaban J connectivity index is 0.951. The summed E-state index contributed by atoms with van der Waals surface area (Å²) in [6.45, 7) is 4.80. The molecular formula is C45H47N5O6. The predicted octanol–water partition coefficient (Wildman–Crippen LogP) is 7.84. The first kappa shape index (κ1) is 37.2. The molecule has 56 heavy (non-hydrogen) atoms. The van der Waals surface area contributed by atoms with Crippen molar-refractivity contribution < 1.29 is 28.9 Å². The number of anilines is 3. The number of benzene rings is 5. The van der Waals surface area contributed by atoms with Crippen LogP contribution in [0.15, 0.2) is 133 Å². The first-order chi connectivity index (χ1) is 27.4. The topological polar surface area (TPSA) is 125 Å². The fourth-order valence-electron chi connectivity index (χ4n) is 8.01. The third-order valence-corrected chi connectivity index (χ3v) is 11.2. The monoisotopic (exact) mass is 753 g/mol. The number of hydrogen-bond donors (Lipinski definition) is 4. The molecule has 5 aromatic carbocycles. The molecule has 4 N–H and O–H groups in total. The van der Waals surface area contributed by atoms with Gasteiger partial charge in [-0.15, -0.1) is 0 Å². The molecule has 4 atom stereocenters. The fraction of sp³-hybridized carbons (Fsp3) is 0.289. The molecule has 0 aliphatic carbocycles. The summed E-state index contributed by atoms with van der Waals surface area (Å²) < 4.78 is 19.4. The van der Waals surface area contributed by atoms with Crippen molar-refractivity contribution in [2.45, 2.75) is 50.4 Å². The van der Waals surface area contributed by atoms with Gasteiger partial charge < -0.3 is 45.1 Å². The third kappa shape index (κ3) is 8.12. The maximum absolute atomic E-state index is 13.3. The number of likely N-dealkylation sites (tertiary alicyclic amines) is 1. The zero-order valence-electron chi connectivity index (χ0n) is 31.3. The second-order valence-corrected chi connectivity index (χ2v) is 14.7. The Morgan fingerprint density at radius 2 is 1.48 bits per heavy atom. The highest BCUT2D eigenvalue weighted by molar-refractivity contribution is 5.99. The van der Waals surface area contributed by atoms with Gasteiger partial charge in [0, 0.05) is 48.2 Å². The molecule has 0 radical (unpaired) electrons. The Labute approximate surface area is 327 Å². The summed E-state index contributed by atoms with van der Waals surface area (Å²) in [5.41, 5.74) is 4.30. The molecule has 3 fully saturated rings. The number of carbonyl (C=O) groups excluding carboxylic acids is 2. The smallest absolute Gasteiger partial charge is 0.323 e. The minimum absolute atomic E-state index is 0.00530. The molecule has 0 bridgehead atoms. The summed E-state index contributed by atoms with van der Waals surface area (Å²) in [7, 11) is 0. The minimum Gasteiger partial charge on any atom is -0.457 e. The molecule has 3 amide bonds. The van der Waals surface area contributed by atoms with E-state index in [9.17, 15) is 14.7 Å². The number of hydrogen-bond acceptors (Lipinski definition) is 8. The van der Waals surface area contributed by atoms with Crippen LogP contribution < -0.4 is 25.6 Å². The van der Waals surface area contributed by atoms with E-state index in [2.05, 4.69) is 44.8 Å². The summed E-state index contributed by atoms with van der Waals surface area (Å²) in [4.78, 5) is 31.0. The van der Waals surface area contributed by atoms with E-state index >= 15 is 0 Å². The first-order valence-corrected chi connectivity index (χ1v) is 19.2. The number of piperidine rings is 1. The second-order valence-electron chi connectivity index (χ2n) is 14.7. The van der Waals surface area contributed by atoms with E-state index in [1.807, 2.05) is 97.1 Å². The number of aliphatic hydroxyl groups is 1. The zero-order valence-corrected chi connectivity index (χ0v) is 31.3. The van der Waals surface area contributed by atoms with Crippen LogP contribution in [0.1, 0.15) is 48.8 Å². The Hall–Kier alpha value is -5.72. The van der Waals surface area contributed by atoms with Crippen molar-refractivity contribution in [1.82, 2.24) is 10.2 Å². The molecule has 11 heteroatoms. The molecule has 8 rings (SSSR count). The summed E-state index contributed by atoms with van der Waals surface area (Å²) in [5.74, 6) is 1.49. The predicted molar refractivity (Wildman–Crippen MR) is 215 cm³/mol. The van der Waals surface area contributed by atoms with Gasteiger partial charge in [0.1, 0.15) is 17.0 Å². The number of rotatable bonds is 10. The van der Waals surface area contributed by atoms with Gasteiger partial charge in [0.25, 0.3) is 0 Å². The summed E-state index contributed by atoms with van der Waals surface area (Å²) in [6.07, 6.45) is 0.239. The van der Waals surface area contributed by atoms with Crippen LogP contribution in [0.5, 0.6) is 11.5 Å². The lowest BCUT2D eigenvalue weighted by Crippen LogP contribution is -2.57. The molecule has 4 unspecified atom stereocenters. The van der Waals surface area contributed by atoms with Gasteiger partial charge in [-0.2, -0.15) is 0 Å². The van der Waals surface area contributed by atoms with Crippen molar-refractivity contribution >= 4 is 29.0 Å². The van der Waals surface area contributed by atoms with E-state index in [1.54, 1.807) is 24.3 Å². The lowest BCUT2D eigenvalue weighted by atomic mass is 9.84. The average molecular weight is 754 g/mol. The Morgan fingerprint density at radius 1 is 0.804 bits per heavy atom. The van der Waals surface area contributed by atoms with Crippen LogP contribution in [-0.4, -0.2) is 59.9 Å². The number of para-hydroxylation sites is 2. The van der Waals surface area contributed by atoms with Gasteiger partial charge in [-0.1, -0.05) is 79.7 Å². The van der Waals surface area contributed by atoms with Crippen molar-refractivity contribution in [3.05, 3.63) is 150 Å². The van der Waals surface area contributed by atoms with Crippen molar-refractivity contribution in [2.24, 2.45) is 5.92 Å². The Bertz CT molecular complexity index is 2090. The van der Waals surface area contributed by atoms with Gasteiger partial charge in [0.2, 0.25) is 5.91 Å². The van der Waals surface area contributed by atoms with E-state index in [-0.39, 0.29) is 36.7 Å². The largest absolute Gasteiger partial charge is 0.457 e. The van der Waals surface area contributed by atoms with E-state index in [0.29, 0.717) is 43.2 Å². The number of carbonyl (C=O) groups is 2. The quantitative estimate of drug-likeness (QED) is 0.114. The number of nitrogens with zero attached hydrogens (tertiary/aromatic N) is 2. The second kappa shape index (κ2) is 16.6. The SMILES string of the molecule is CC1C(CN2CCC3(CC2)C(=O)NCN3c2ccccc2)OC(c2cccc(NC(=O)Nc3ccc(Oc4ccccc4)cc3)c2)OC1c1ccc(CO)cc1. The van der Waals surface area contributed by atoms with Gasteiger partial charge in [0.15, 0.2) is 6.29 Å². The molecule has 3 saturated heterocycles. The average Bonchev–Trinajstić information content (AvgIpc) is 3.55. The van der Waals surface area contributed by atoms with Crippen LogP contribution in [0.25, 0.3) is 0 Å². The van der Waals surface area contributed by atoms with Gasteiger partial charge in [-0.05, 0) is 84.6 Å². The number of nitrogens with one attached hydrogen (secondary N) is 3. The number of aliphatic hydroxyl groups excluding tert-OH is 1. The molecule has 3 aliphatic rings. The van der Waals surface area contributed by atoms with Crippen molar-refractivity contribution in [1.29, 1.82) is 0 Å². The summed E-state index contributed by atoms with van der Waals surface area (Å²) >= 11 is 0. The Kier molecular flexibility index (Phi) is 11.0. The molecule has 0 aromatic heterocycles. The van der Waals surface area contributed by atoms with Crippen LogP contribution in [0, 0.1) is 5.92 Å². The highest BCUT2D eigenvalue weighted by Crippen LogP contribution is 2.43. The lowest BCUT2D eigenvalue weighted by molar-refractivity contribution is -0.276.